The van der Waals surface area contributed by atoms with E-state index in [1.807, 2.05) is 54.6 Å². The third-order valence-electron chi connectivity index (χ3n) is 5.93. The SMILES string of the molecule is CC(C)(C)C1CCc2nc(NC(=O)/C=C/c3cccc(OCc4ccccc4)c3)sc2C1. The van der Waals surface area contributed by atoms with Crippen molar-refractivity contribution in [2.75, 3.05) is 5.32 Å². The molecule has 0 bridgehead atoms. The molecule has 1 aliphatic rings. The molecule has 1 aromatic heterocycles. The maximum Gasteiger partial charge on any atom is 0.250 e. The van der Waals surface area contributed by atoms with Crippen LogP contribution in [0, 0.1) is 11.3 Å². The Hall–Kier alpha value is -2.92. The first-order valence-electron chi connectivity index (χ1n) is 11.1. The average molecular weight is 447 g/mol. The van der Waals surface area contributed by atoms with E-state index in [2.05, 4.69) is 31.1 Å². The summed E-state index contributed by atoms with van der Waals surface area (Å²) in [6.45, 7) is 7.43. The molecular weight excluding hydrogens is 416 g/mol. The molecule has 3 aromatic rings. The number of hydrogen-bond donors (Lipinski definition) is 1. The van der Waals surface area contributed by atoms with Crippen LogP contribution in [0.3, 0.4) is 0 Å². The van der Waals surface area contributed by atoms with E-state index in [1.165, 1.54) is 4.88 Å². The molecule has 2 aromatic carbocycles. The molecule has 0 radical (unpaired) electrons. The van der Waals surface area contributed by atoms with Crippen molar-refractivity contribution in [2.45, 2.75) is 46.6 Å². The van der Waals surface area contributed by atoms with E-state index in [-0.39, 0.29) is 5.91 Å². The molecular formula is C27H30N2O2S. The van der Waals surface area contributed by atoms with Crippen LogP contribution in [0.5, 0.6) is 5.75 Å². The molecule has 0 saturated heterocycles. The lowest BCUT2D eigenvalue weighted by Crippen LogP contribution is -2.26. The maximum atomic E-state index is 12.5. The quantitative estimate of drug-likeness (QED) is 0.438. The summed E-state index contributed by atoms with van der Waals surface area (Å²) in [4.78, 5) is 18.4. The van der Waals surface area contributed by atoms with Gasteiger partial charge in [-0.25, -0.2) is 4.98 Å². The van der Waals surface area contributed by atoms with Gasteiger partial charge in [-0.3, -0.25) is 10.1 Å². The van der Waals surface area contributed by atoms with E-state index in [0.29, 0.717) is 23.1 Å². The van der Waals surface area contributed by atoms with Crippen LogP contribution in [-0.2, 0) is 24.2 Å². The van der Waals surface area contributed by atoms with Gasteiger partial charge in [0, 0.05) is 11.0 Å². The molecule has 166 valence electrons. The Kier molecular flexibility index (Phi) is 6.75. The fourth-order valence-electron chi connectivity index (χ4n) is 3.94. The summed E-state index contributed by atoms with van der Waals surface area (Å²) in [6.07, 6.45) is 6.56. The molecule has 0 fully saturated rings. The Bertz CT molecular complexity index is 1100. The number of ether oxygens (including phenoxy) is 1. The average Bonchev–Trinajstić information content (AvgIpc) is 3.18. The standard InChI is InChI=1S/C27H30N2O2S/c1-27(2,3)21-13-14-23-24(17-21)32-26(28-23)29-25(30)15-12-19-10-7-11-22(16-19)31-18-20-8-5-4-6-9-20/h4-12,15-16,21H,13-14,17-18H2,1-3H3,(H,28,29,30)/b15-12+. The van der Waals surface area contributed by atoms with Gasteiger partial charge in [-0.2, -0.15) is 0 Å². The van der Waals surface area contributed by atoms with Crippen LogP contribution < -0.4 is 10.1 Å². The normalized spacial score (nSPS) is 16.0. The van der Waals surface area contributed by atoms with E-state index in [4.69, 9.17) is 4.74 Å². The van der Waals surface area contributed by atoms with E-state index < -0.39 is 0 Å². The lowest BCUT2D eigenvalue weighted by molar-refractivity contribution is -0.111. The number of aromatic nitrogens is 1. The number of amides is 1. The van der Waals surface area contributed by atoms with Crippen molar-refractivity contribution in [1.29, 1.82) is 0 Å². The summed E-state index contributed by atoms with van der Waals surface area (Å²) < 4.78 is 5.87. The number of nitrogens with zero attached hydrogens (tertiary/aromatic N) is 1. The van der Waals surface area contributed by atoms with Crippen molar-refractivity contribution in [3.05, 3.63) is 82.4 Å². The third-order valence-corrected chi connectivity index (χ3v) is 6.96. The number of rotatable bonds is 6. The highest BCUT2D eigenvalue weighted by Crippen LogP contribution is 2.40. The minimum Gasteiger partial charge on any atom is -0.489 e. The Morgan fingerprint density at radius 3 is 2.78 bits per heavy atom. The monoisotopic (exact) mass is 446 g/mol. The van der Waals surface area contributed by atoms with Gasteiger partial charge in [0.05, 0.1) is 5.69 Å². The highest BCUT2D eigenvalue weighted by atomic mass is 32.1. The first-order valence-corrected chi connectivity index (χ1v) is 11.9. The summed E-state index contributed by atoms with van der Waals surface area (Å²) in [5.74, 6) is 1.27. The number of nitrogens with one attached hydrogen (secondary N) is 1. The van der Waals surface area contributed by atoms with Gasteiger partial charge < -0.3 is 4.74 Å². The van der Waals surface area contributed by atoms with Gasteiger partial charge in [0.1, 0.15) is 12.4 Å². The second kappa shape index (κ2) is 9.70. The van der Waals surface area contributed by atoms with Gasteiger partial charge >= 0.3 is 0 Å². The predicted molar refractivity (Wildman–Crippen MR) is 132 cm³/mol. The largest absolute Gasteiger partial charge is 0.489 e. The van der Waals surface area contributed by atoms with Crippen LogP contribution in [0.15, 0.2) is 60.7 Å². The van der Waals surface area contributed by atoms with E-state index in [9.17, 15) is 4.79 Å². The number of aryl methyl sites for hydroxylation is 1. The Balaban J connectivity index is 1.34. The maximum absolute atomic E-state index is 12.5. The summed E-state index contributed by atoms with van der Waals surface area (Å²) >= 11 is 1.62. The highest BCUT2D eigenvalue weighted by Gasteiger charge is 2.30. The van der Waals surface area contributed by atoms with Gasteiger partial charge in [-0.1, -0.05) is 63.2 Å². The molecule has 4 rings (SSSR count). The molecule has 1 amide bonds. The van der Waals surface area contributed by atoms with Crippen LogP contribution in [0.2, 0.25) is 0 Å². The zero-order valence-electron chi connectivity index (χ0n) is 18.9. The fraction of sp³-hybridized carbons (Fsp3) is 0.333. The zero-order valence-corrected chi connectivity index (χ0v) is 19.7. The van der Waals surface area contributed by atoms with Crippen molar-refractivity contribution in [1.82, 2.24) is 4.98 Å². The lowest BCUT2D eigenvalue weighted by Gasteiger charge is -2.33. The van der Waals surface area contributed by atoms with Crippen LogP contribution in [0.4, 0.5) is 5.13 Å². The molecule has 5 heteroatoms. The molecule has 1 heterocycles. The summed E-state index contributed by atoms with van der Waals surface area (Å²) in [7, 11) is 0. The van der Waals surface area contributed by atoms with Crippen molar-refractivity contribution >= 4 is 28.5 Å². The van der Waals surface area contributed by atoms with Crippen molar-refractivity contribution in [3.8, 4) is 5.75 Å². The summed E-state index contributed by atoms with van der Waals surface area (Å²) in [5, 5.41) is 3.63. The topological polar surface area (TPSA) is 51.2 Å². The van der Waals surface area contributed by atoms with Crippen molar-refractivity contribution in [3.63, 3.8) is 0 Å². The minimum atomic E-state index is -0.168. The van der Waals surface area contributed by atoms with E-state index in [0.717, 1.165) is 41.8 Å². The molecule has 1 N–H and O–H groups in total. The van der Waals surface area contributed by atoms with Crippen LogP contribution in [0.25, 0.3) is 6.08 Å². The molecule has 1 atom stereocenters. The van der Waals surface area contributed by atoms with Gasteiger partial charge in [0.2, 0.25) is 5.91 Å². The van der Waals surface area contributed by atoms with Gasteiger partial charge in [-0.05, 0) is 59.9 Å². The van der Waals surface area contributed by atoms with E-state index >= 15 is 0 Å². The molecule has 0 saturated carbocycles. The summed E-state index contributed by atoms with van der Waals surface area (Å²) in [5.41, 5.74) is 3.48. The third kappa shape index (κ3) is 5.86. The van der Waals surface area contributed by atoms with E-state index in [1.54, 1.807) is 23.5 Å². The van der Waals surface area contributed by atoms with Crippen LogP contribution in [0.1, 0.15) is 48.9 Å². The number of fused-ring (bicyclic) bond motifs is 1. The smallest absolute Gasteiger partial charge is 0.250 e. The lowest BCUT2D eigenvalue weighted by atomic mass is 9.73. The molecule has 1 unspecified atom stereocenters. The van der Waals surface area contributed by atoms with Crippen molar-refractivity contribution in [2.24, 2.45) is 11.3 Å². The number of thiazole rings is 1. The highest BCUT2D eigenvalue weighted by molar-refractivity contribution is 7.15. The Morgan fingerprint density at radius 1 is 1.19 bits per heavy atom. The number of carbonyl (C=O) groups excluding carboxylic acids is 1. The molecule has 0 aliphatic heterocycles. The minimum absolute atomic E-state index is 0.168. The molecule has 4 nitrogen and oxygen atoms in total. The predicted octanol–water partition coefficient (Wildman–Crippen LogP) is 6.53. The van der Waals surface area contributed by atoms with Crippen LogP contribution in [-0.4, -0.2) is 10.9 Å². The number of hydrogen-bond acceptors (Lipinski definition) is 4. The fourth-order valence-corrected chi connectivity index (χ4v) is 5.03. The molecule has 0 spiro atoms. The van der Waals surface area contributed by atoms with Gasteiger partial charge in [-0.15, -0.1) is 11.3 Å². The van der Waals surface area contributed by atoms with Gasteiger partial charge in [0.25, 0.3) is 0 Å². The Labute approximate surface area is 194 Å². The summed E-state index contributed by atoms with van der Waals surface area (Å²) in [6, 6.07) is 17.8. The number of carbonyl (C=O) groups is 1. The van der Waals surface area contributed by atoms with Gasteiger partial charge in [0.15, 0.2) is 5.13 Å². The van der Waals surface area contributed by atoms with Crippen molar-refractivity contribution < 1.29 is 9.53 Å². The zero-order chi connectivity index (χ0) is 22.6. The second-order valence-electron chi connectivity index (χ2n) is 9.36. The molecule has 32 heavy (non-hydrogen) atoms. The second-order valence-corrected chi connectivity index (χ2v) is 10.4. The first-order chi connectivity index (χ1) is 15.4. The van der Waals surface area contributed by atoms with Crippen LogP contribution >= 0.6 is 11.3 Å². The number of benzene rings is 2. The first kappa shape index (κ1) is 22.3. The molecule has 1 aliphatic carbocycles. The number of anilines is 1. The Morgan fingerprint density at radius 2 is 2.00 bits per heavy atom.